The van der Waals surface area contributed by atoms with Crippen LogP contribution in [-0.2, 0) is 4.79 Å². The van der Waals surface area contributed by atoms with Gasteiger partial charge in [0.25, 0.3) is 0 Å². The topological polar surface area (TPSA) is 81.8 Å². The van der Waals surface area contributed by atoms with Gasteiger partial charge >= 0.3 is 5.97 Å². The van der Waals surface area contributed by atoms with E-state index in [9.17, 15) is 4.79 Å². The molecule has 3 atom stereocenters. The Balaban J connectivity index is 2.90. The van der Waals surface area contributed by atoms with E-state index in [2.05, 4.69) is 0 Å². The first-order valence-corrected chi connectivity index (χ1v) is 6.61. The summed E-state index contributed by atoms with van der Waals surface area (Å²) in [4.78, 5) is 10.8. The summed E-state index contributed by atoms with van der Waals surface area (Å²) in [6.07, 6.45) is 0.422. The molecule has 0 amide bonds. The van der Waals surface area contributed by atoms with Crippen molar-refractivity contribution in [2.45, 2.75) is 32.2 Å². The smallest absolute Gasteiger partial charge is 0.320 e. The Bertz CT molecular complexity index is 461. The van der Waals surface area contributed by atoms with Crippen LogP contribution in [0, 0.1) is 5.92 Å². The lowest BCUT2D eigenvalue weighted by molar-refractivity contribution is -0.138. The molecule has 0 aliphatic rings. The summed E-state index contributed by atoms with van der Waals surface area (Å²) in [6, 6.07) is 4.82. The molecule has 0 fully saturated rings. The molecule has 0 spiro atoms. The van der Waals surface area contributed by atoms with E-state index >= 15 is 0 Å². The molecule has 5 heteroatoms. The standard InChI is InChI=1S/C15H23NO4/c1-9(7-13(16)15(17)18)10(2)12-6-5-11(19-3)8-14(12)20-4/h5-6,8-10,13H,7,16H2,1-4H3,(H,17,18). The lowest BCUT2D eigenvalue weighted by Gasteiger charge is -2.24. The van der Waals surface area contributed by atoms with E-state index in [1.165, 1.54) is 0 Å². The van der Waals surface area contributed by atoms with Gasteiger partial charge in [-0.05, 0) is 29.9 Å². The zero-order valence-corrected chi connectivity index (χ0v) is 12.4. The largest absolute Gasteiger partial charge is 0.497 e. The molecule has 3 unspecified atom stereocenters. The number of carboxylic acid groups (broad SMARTS) is 1. The first-order chi connectivity index (χ1) is 9.40. The molecule has 0 saturated carbocycles. The van der Waals surface area contributed by atoms with Gasteiger partial charge in [-0.2, -0.15) is 0 Å². The highest BCUT2D eigenvalue weighted by atomic mass is 16.5. The molecule has 3 N–H and O–H groups in total. The average Bonchev–Trinajstić information content (AvgIpc) is 2.45. The predicted molar refractivity (Wildman–Crippen MR) is 77.4 cm³/mol. The molecule has 0 aliphatic heterocycles. The van der Waals surface area contributed by atoms with Crippen molar-refractivity contribution in [3.63, 3.8) is 0 Å². The highest BCUT2D eigenvalue weighted by molar-refractivity contribution is 5.73. The summed E-state index contributed by atoms with van der Waals surface area (Å²) in [5, 5.41) is 8.89. The van der Waals surface area contributed by atoms with Crippen molar-refractivity contribution in [1.29, 1.82) is 0 Å². The fourth-order valence-corrected chi connectivity index (χ4v) is 2.21. The minimum absolute atomic E-state index is 0.128. The number of hydrogen-bond acceptors (Lipinski definition) is 4. The van der Waals surface area contributed by atoms with Crippen LogP contribution < -0.4 is 15.2 Å². The second kappa shape index (κ2) is 7.14. The van der Waals surface area contributed by atoms with Crippen LogP contribution >= 0.6 is 0 Å². The minimum atomic E-state index is -0.967. The normalized spacial score (nSPS) is 15.2. The fourth-order valence-electron chi connectivity index (χ4n) is 2.21. The Morgan fingerprint density at radius 1 is 1.30 bits per heavy atom. The lowest BCUT2D eigenvalue weighted by atomic mass is 9.84. The van der Waals surface area contributed by atoms with Gasteiger partial charge < -0.3 is 20.3 Å². The van der Waals surface area contributed by atoms with Crippen molar-refractivity contribution in [2.24, 2.45) is 11.7 Å². The Hall–Kier alpha value is -1.75. The number of aliphatic carboxylic acids is 1. The SMILES string of the molecule is COc1ccc(C(C)C(C)CC(N)C(=O)O)c(OC)c1. The number of ether oxygens (including phenoxy) is 2. The molecular formula is C15H23NO4. The Morgan fingerprint density at radius 3 is 2.45 bits per heavy atom. The van der Waals surface area contributed by atoms with Gasteiger partial charge in [0.2, 0.25) is 0 Å². The first-order valence-electron chi connectivity index (χ1n) is 6.61. The molecule has 0 bridgehead atoms. The molecular weight excluding hydrogens is 258 g/mol. The van der Waals surface area contributed by atoms with Crippen molar-refractivity contribution in [3.05, 3.63) is 23.8 Å². The molecule has 5 nitrogen and oxygen atoms in total. The molecule has 1 aromatic carbocycles. The summed E-state index contributed by atoms with van der Waals surface area (Å²) >= 11 is 0. The second-order valence-electron chi connectivity index (χ2n) is 5.05. The average molecular weight is 281 g/mol. The van der Waals surface area contributed by atoms with Crippen molar-refractivity contribution in [2.75, 3.05) is 14.2 Å². The van der Waals surface area contributed by atoms with Crippen molar-refractivity contribution < 1.29 is 19.4 Å². The third-order valence-corrected chi connectivity index (χ3v) is 3.73. The maximum atomic E-state index is 10.8. The molecule has 0 heterocycles. The third kappa shape index (κ3) is 3.87. The molecule has 0 radical (unpaired) electrons. The summed E-state index contributed by atoms with van der Waals surface area (Å²) < 4.78 is 10.6. The van der Waals surface area contributed by atoms with Crippen LogP contribution in [0.5, 0.6) is 11.5 Å². The Morgan fingerprint density at radius 2 is 1.95 bits per heavy atom. The van der Waals surface area contributed by atoms with Crippen LogP contribution in [0.3, 0.4) is 0 Å². The van der Waals surface area contributed by atoms with Crippen LogP contribution in [0.25, 0.3) is 0 Å². The van der Waals surface area contributed by atoms with Crippen molar-refractivity contribution in [3.8, 4) is 11.5 Å². The second-order valence-corrected chi connectivity index (χ2v) is 5.05. The van der Waals surface area contributed by atoms with E-state index in [4.69, 9.17) is 20.3 Å². The fraction of sp³-hybridized carbons (Fsp3) is 0.533. The number of nitrogens with two attached hydrogens (primary N) is 1. The van der Waals surface area contributed by atoms with Gasteiger partial charge in [-0.25, -0.2) is 0 Å². The quantitative estimate of drug-likeness (QED) is 0.801. The van der Waals surface area contributed by atoms with Gasteiger partial charge in [-0.1, -0.05) is 19.9 Å². The van der Waals surface area contributed by atoms with E-state index in [0.29, 0.717) is 6.42 Å². The van der Waals surface area contributed by atoms with Gasteiger partial charge in [-0.15, -0.1) is 0 Å². The number of methoxy groups -OCH3 is 2. The van der Waals surface area contributed by atoms with E-state index in [-0.39, 0.29) is 11.8 Å². The molecule has 0 saturated heterocycles. The number of carbonyl (C=O) groups is 1. The third-order valence-electron chi connectivity index (χ3n) is 3.73. The van der Waals surface area contributed by atoms with Gasteiger partial charge in [0.05, 0.1) is 14.2 Å². The number of carboxylic acids is 1. The minimum Gasteiger partial charge on any atom is -0.497 e. The van der Waals surface area contributed by atoms with Crippen LogP contribution in [0.15, 0.2) is 18.2 Å². The molecule has 0 aliphatic carbocycles. The zero-order chi connectivity index (χ0) is 15.3. The van der Waals surface area contributed by atoms with Crippen molar-refractivity contribution in [1.82, 2.24) is 0 Å². The van der Waals surface area contributed by atoms with Crippen LogP contribution in [0.4, 0.5) is 0 Å². The van der Waals surface area contributed by atoms with E-state index < -0.39 is 12.0 Å². The summed E-state index contributed by atoms with van der Waals surface area (Å²) in [5.41, 5.74) is 6.62. The van der Waals surface area contributed by atoms with Gasteiger partial charge in [0, 0.05) is 6.07 Å². The highest BCUT2D eigenvalue weighted by Gasteiger charge is 2.23. The van der Waals surface area contributed by atoms with Crippen LogP contribution in [-0.4, -0.2) is 31.3 Å². The van der Waals surface area contributed by atoms with E-state index in [1.807, 2.05) is 32.0 Å². The molecule has 20 heavy (non-hydrogen) atoms. The number of rotatable bonds is 7. The molecule has 0 aromatic heterocycles. The Labute approximate surface area is 119 Å². The molecule has 1 aromatic rings. The van der Waals surface area contributed by atoms with Gasteiger partial charge in [0.15, 0.2) is 0 Å². The number of hydrogen-bond donors (Lipinski definition) is 2. The summed E-state index contributed by atoms with van der Waals surface area (Å²) in [5.74, 6) is 0.774. The summed E-state index contributed by atoms with van der Waals surface area (Å²) in [7, 11) is 3.21. The van der Waals surface area contributed by atoms with E-state index in [1.54, 1.807) is 14.2 Å². The van der Waals surface area contributed by atoms with Gasteiger partial charge in [0.1, 0.15) is 17.5 Å². The maximum Gasteiger partial charge on any atom is 0.320 e. The first kappa shape index (κ1) is 16.3. The van der Waals surface area contributed by atoms with E-state index in [0.717, 1.165) is 17.1 Å². The monoisotopic (exact) mass is 281 g/mol. The zero-order valence-electron chi connectivity index (χ0n) is 12.4. The van der Waals surface area contributed by atoms with Crippen molar-refractivity contribution >= 4 is 5.97 Å². The lowest BCUT2D eigenvalue weighted by Crippen LogP contribution is -2.32. The van der Waals surface area contributed by atoms with Crippen LogP contribution in [0.2, 0.25) is 0 Å². The summed E-state index contributed by atoms with van der Waals surface area (Å²) in [6.45, 7) is 4.04. The predicted octanol–water partition coefficient (Wildman–Crippen LogP) is 2.25. The van der Waals surface area contributed by atoms with Crippen LogP contribution in [0.1, 0.15) is 31.7 Å². The maximum absolute atomic E-state index is 10.8. The molecule has 112 valence electrons. The Kier molecular flexibility index (Phi) is 5.82. The van der Waals surface area contributed by atoms with Gasteiger partial charge in [-0.3, -0.25) is 4.79 Å². The number of benzene rings is 1. The highest BCUT2D eigenvalue weighted by Crippen LogP contribution is 2.35. The molecule has 1 rings (SSSR count).